The number of hydrogen-bond donors (Lipinski definition) is 2. The Hall–Kier alpha value is -1.62. The van der Waals surface area contributed by atoms with Gasteiger partial charge in [0.2, 0.25) is 0 Å². The van der Waals surface area contributed by atoms with E-state index < -0.39 is 0 Å². The van der Waals surface area contributed by atoms with Crippen molar-refractivity contribution >= 4 is 24.2 Å². The summed E-state index contributed by atoms with van der Waals surface area (Å²) < 4.78 is 0. The Bertz CT molecular complexity index is 453. The molecular weight excluding hydrogens is 258 g/mol. The van der Waals surface area contributed by atoms with Crippen LogP contribution in [0.5, 0.6) is 0 Å². The minimum atomic E-state index is -0.00889. The summed E-state index contributed by atoms with van der Waals surface area (Å²) in [6.07, 6.45) is 1.62. The zero-order valence-electron chi connectivity index (χ0n) is 11.0. The van der Waals surface area contributed by atoms with Crippen molar-refractivity contribution in [1.29, 1.82) is 0 Å². The van der Waals surface area contributed by atoms with E-state index in [1.54, 1.807) is 13.2 Å². The fourth-order valence-electron chi connectivity index (χ4n) is 2.17. The van der Waals surface area contributed by atoms with Gasteiger partial charge in [-0.25, -0.2) is 0 Å². The van der Waals surface area contributed by atoms with Crippen LogP contribution in [0, 0.1) is 0 Å². The van der Waals surface area contributed by atoms with Gasteiger partial charge in [-0.05, 0) is 12.1 Å². The number of nitrogens with zero attached hydrogens (tertiary/aromatic N) is 2. The molecule has 5 heteroatoms. The van der Waals surface area contributed by atoms with Crippen LogP contribution in [-0.4, -0.2) is 44.0 Å². The largest absolute Gasteiger partial charge is 0.393 e. The Balaban J connectivity index is 1.93. The normalized spacial score (nSPS) is 16.4. The highest BCUT2D eigenvalue weighted by Crippen LogP contribution is 2.16. The molecule has 102 valence electrons. The third kappa shape index (κ3) is 3.44. The Kier molecular flexibility index (Phi) is 4.74. The molecule has 1 aromatic rings. The maximum Gasteiger partial charge on any atom is 0.261 e. The third-order valence-corrected chi connectivity index (χ3v) is 3.51. The van der Waals surface area contributed by atoms with Crippen molar-refractivity contribution in [2.75, 3.05) is 38.1 Å². The number of rotatable bonds is 3. The van der Waals surface area contributed by atoms with Crippen LogP contribution in [0.3, 0.4) is 0 Å². The molecule has 1 aromatic carbocycles. The zero-order valence-corrected chi connectivity index (χ0v) is 11.9. The maximum absolute atomic E-state index is 12.1. The number of hydrogen-bond acceptors (Lipinski definition) is 4. The number of nitrogens with one attached hydrogen (secondary N) is 1. The molecule has 0 atom stereocenters. The van der Waals surface area contributed by atoms with Crippen LogP contribution < -0.4 is 10.2 Å². The first-order chi connectivity index (χ1) is 9.22. The molecule has 4 nitrogen and oxygen atoms in total. The molecule has 0 aromatic heterocycles. The van der Waals surface area contributed by atoms with E-state index in [9.17, 15) is 4.79 Å². The van der Waals surface area contributed by atoms with Crippen LogP contribution in [0.2, 0.25) is 0 Å². The highest BCUT2D eigenvalue weighted by atomic mass is 32.1. The summed E-state index contributed by atoms with van der Waals surface area (Å²) in [7, 11) is 1.76. The predicted molar refractivity (Wildman–Crippen MR) is 81.4 cm³/mol. The molecule has 2 rings (SSSR count). The molecule has 0 spiro atoms. The zero-order chi connectivity index (χ0) is 13.7. The second-order valence-corrected chi connectivity index (χ2v) is 4.91. The van der Waals surface area contributed by atoms with E-state index in [0.717, 1.165) is 26.2 Å². The van der Waals surface area contributed by atoms with Gasteiger partial charge in [0.1, 0.15) is 0 Å². The molecule has 1 aliphatic heterocycles. The summed E-state index contributed by atoms with van der Waals surface area (Å²) in [6.45, 7) is 3.18. The molecule has 1 heterocycles. The molecular formula is C14H19N3OS. The summed E-state index contributed by atoms with van der Waals surface area (Å²) in [5.74, 6) is -0.00889. The minimum Gasteiger partial charge on any atom is -0.393 e. The fourth-order valence-corrected chi connectivity index (χ4v) is 2.44. The molecule has 0 radical (unpaired) electrons. The number of benzene rings is 1. The Morgan fingerprint density at radius 2 is 1.84 bits per heavy atom. The SMILES string of the molecule is CN/C=C(\S)C(=O)N1CCN(c2ccccc2)CC1. The summed E-state index contributed by atoms with van der Waals surface area (Å²) >= 11 is 4.20. The predicted octanol–water partition coefficient (Wildman–Crippen LogP) is 1.33. The number of carbonyl (C=O) groups excluding carboxylic acids is 1. The first-order valence-electron chi connectivity index (χ1n) is 6.38. The van der Waals surface area contributed by atoms with Crippen molar-refractivity contribution in [3.8, 4) is 0 Å². The van der Waals surface area contributed by atoms with E-state index >= 15 is 0 Å². The van der Waals surface area contributed by atoms with Gasteiger partial charge in [-0.1, -0.05) is 18.2 Å². The lowest BCUT2D eigenvalue weighted by Gasteiger charge is -2.36. The van der Waals surface area contributed by atoms with Gasteiger partial charge in [-0.15, -0.1) is 12.6 Å². The van der Waals surface area contributed by atoms with Gasteiger partial charge >= 0.3 is 0 Å². The Morgan fingerprint density at radius 1 is 1.21 bits per heavy atom. The smallest absolute Gasteiger partial charge is 0.261 e. The van der Waals surface area contributed by atoms with E-state index in [-0.39, 0.29) is 5.91 Å². The van der Waals surface area contributed by atoms with Gasteiger partial charge in [0.15, 0.2) is 0 Å². The van der Waals surface area contributed by atoms with Crippen molar-refractivity contribution in [3.63, 3.8) is 0 Å². The minimum absolute atomic E-state index is 0.00889. The van der Waals surface area contributed by atoms with Crippen LogP contribution in [0.4, 0.5) is 5.69 Å². The quantitative estimate of drug-likeness (QED) is 0.646. The van der Waals surface area contributed by atoms with Crippen LogP contribution in [0.15, 0.2) is 41.4 Å². The van der Waals surface area contributed by atoms with Crippen LogP contribution in [0.1, 0.15) is 0 Å². The average molecular weight is 277 g/mol. The van der Waals surface area contributed by atoms with E-state index in [2.05, 4.69) is 35.0 Å². The molecule has 1 amide bonds. The molecule has 0 bridgehead atoms. The lowest BCUT2D eigenvalue weighted by Crippen LogP contribution is -2.49. The lowest BCUT2D eigenvalue weighted by atomic mass is 10.2. The molecule has 0 unspecified atom stereocenters. The standard InChI is InChI=1S/C14H19N3OS/c1-15-11-13(19)14(18)17-9-7-16(8-10-17)12-5-3-2-4-6-12/h2-6,11,15,19H,7-10H2,1H3/b13-11-. The van der Waals surface area contributed by atoms with Gasteiger partial charge in [-0.3, -0.25) is 4.79 Å². The highest BCUT2D eigenvalue weighted by Gasteiger charge is 2.22. The number of anilines is 1. The molecule has 0 saturated carbocycles. The Morgan fingerprint density at radius 3 is 2.42 bits per heavy atom. The number of piperazine rings is 1. The fraction of sp³-hybridized carbons (Fsp3) is 0.357. The van der Waals surface area contributed by atoms with E-state index in [0.29, 0.717) is 4.91 Å². The molecule has 1 aliphatic rings. The lowest BCUT2D eigenvalue weighted by molar-refractivity contribution is -0.126. The van der Waals surface area contributed by atoms with Gasteiger partial charge < -0.3 is 15.1 Å². The van der Waals surface area contributed by atoms with Crippen molar-refractivity contribution in [2.45, 2.75) is 0 Å². The van der Waals surface area contributed by atoms with Crippen LogP contribution >= 0.6 is 12.6 Å². The van der Waals surface area contributed by atoms with Crippen molar-refractivity contribution in [2.24, 2.45) is 0 Å². The molecule has 1 saturated heterocycles. The number of amides is 1. The summed E-state index contributed by atoms with van der Waals surface area (Å²) in [5, 5.41) is 2.83. The Labute approximate surface area is 119 Å². The summed E-state index contributed by atoms with van der Waals surface area (Å²) in [6, 6.07) is 10.3. The van der Waals surface area contributed by atoms with E-state index in [1.807, 2.05) is 23.1 Å². The van der Waals surface area contributed by atoms with Gasteiger partial charge in [-0.2, -0.15) is 0 Å². The molecule has 19 heavy (non-hydrogen) atoms. The molecule has 1 fully saturated rings. The summed E-state index contributed by atoms with van der Waals surface area (Å²) in [5.41, 5.74) is 1.21. The number of thiol groups is 1. The third-order valence-electron chi connectivity index (χ3n) is 3.19. The van der Waals surface area contributed by atoms with Gasteiger partial charge in [0.05, 0.1) is 4.91 Å². The van der Waals surface area contributed by atoms with Crippen molar-refractivity contribution < 1.29 is 4.79 Å². The van der Waals surface area contributed by atoms with Gasteiger partial charge in [0, 0.05) is 45.1 Å². The van der Waals surface area contributed by atoms with Crippen LogP contribution in [-0.2, 0) is 4.79 Å². The first-order valence-corrected chi connectivity index (χ1v) is 6.83. The van der Waals surface area contributed by atoms with Crippen molar-refractivity contribution in [3.05, 3.63) is 41.4 Å². The first kappa shape index (κ1) is 13.8. The van der Waals surface area contributed by atoms with E-state index in [1.165, 1.54) is 5.69 Å². The molecule has 1 N–H and O–H groups in total. The second-order valence-electron chi connectivity index (χ2n) is 4.43. The number of carbonyl (C=O) groups is 1. The monoisotopic (exact) mass is 277 g/mol. The van der Waals surface area contributed by atoms with Gasteiger partial charge in [0.25, 0.3) is 5.91 Å². The highest BCUT2D eigenvalue weighted by molar-refractivity contribution is 7.85. The maximum atomic E-state index is 12.1. The van der Waals surface area contributed by atoms with Crippen molar-refractivity contribution in [1.82, 2.24) is 10.2 Å². The second kappa shape index (κ2) is 6.52. The van der Waals surface area contributed by atoms with Crippen LogP contribution in [0.25, 0.3) is 0 Å². The number of para-hydroxylation sites is 1. The summed E-state index contributed by atoms with van der Waals surface area (Å²) in [4.78, 5) is 16.6. The topological polar surface area (TPSA) is 35.6 Å². The van der Waals surface area contributed by atoms with E-state index in [4.69, 9.17) is 0 Å². The average Bonchev–Trinajstić information content (AvgIpc) is 2.48. The molecule has 0 aliphatic carbocycles.